The van der Waals surface area contributed by atoms with Crippen LogP contribution >= 0.6 is 0 Å². The molecular weight excluding hydrogens is 498 g/mol. The van der Waals surface area contributed by atoms with E-state index in [9.17, 15) is 25.2 Å². The molecule has 39 heavy (non-hydrogen) atoms. The second kappa shape index (κ2) is 8.54. The number of hydrogen-bond donors (Lipinski definition) is 4. The van der Waals surface area contributed by atoms with E-state index < -0.39 is 69.9 Å². The Balaban J connectivity index is 1.51. The highest BCUT2D eigenvalue weighted by Crippen LogP contribution is 2.75. The van der Waals surface area contributed by atoms with E-state index in [4.69, 9.17) is 4.74 Å². The third kappa shape index (κ3) is 3.16. The largest absolute Gasteiger partial charge is 0.391 e. The molecular formula is C30H39N3O6. The van der Waals surface area contributed by atoms with Crippen molar-refractivity contribution in [2.24, 2.45) is 34.0 Å². The number of hydrogen-bond acceptors (Lipinski definition) is 8. The molecule has 1 spiro atoms. The summed E-state index contributed by atoms with van der Waals surface area (Å²) in [7, 11) is 0. The van der Waals surface area contributed by atoms with Crippen molar-refractivity contribution in [3.05, 3.63) is 48.7 Å². The average molecular weight is 538 g/mol. The lowest BCUT2D eigenvalue weighted by Crippen LogP contribution is -2.87. The molecule has 10 atom stereocenters. The SMILES string of the molecule is C=C(C)[C@@H]1CC[C@H]2[C@@]34CO[C@@](O)([C@@H](O)[C@@H]3C(C)(C)C[C@H](n3cc(-c5ccccc5)nn3)[C@H]4O)[C@@]2(C(C)=O)[C@@H]1O. The van der Waals surface area contributed by atoms with Crippen molar-refractivity contribution in [3.63, 3.8) is 0 Å². The maximum atomic E-state index is 13.7. The Bertz CT molecular complexity index is 1310. The fraction of sp³-hybridized carbons (Fsp3) is 0.633. The van der Waals surface area contributed by atoms with Crippen LogP contribution in [0.15, 0.2) is 48.7 Å². The van der Waals surface area contributed by atoms with Crippen molar-refractivity contribution < 1.29 is 30.0 Å². The van der Waals surface area contributed by atoms with Gasteiger partial charge in [-0.05, 0) is 44.4 Å². The van der Waals surface area contributed by atoms with Gasteiger partial charge >= 0.3 is 0 Å². The molecule has 2 aliphatic heterocycles. The fourth-order valence-corrected chi connectivity index (χ4v) is 9.43. The van der Waals surface area contributed by atoms with E-state index >= 15 is 0 Å². The lowest BCUT2D eigenvalue weighted by atomic mass is 9.33. The predicted molar refractivity (Wildman–Crippen MR) is 142 cm³/mol. The molecule has 210 valence electrons. The van der Waals surface area contributed by atoms with Gasteiger partial charge in [-0.1, -0.05) is 61.5 Å². The number of benzene rings is 1. The first-order valence-electron chi connectivity index (χ1n) is 13.9. The summed E-state index contributed by atoms with van der Waals surface area (Å²) in [4.78, 5) is 13.7. The van der Waals surface area contributed by atoms with Crippen LogP contribution in [0.1, 0.15) is 53.0 Å². The maximum Gasteiger partial charge on any atom is 0.208 e. The standard InChI is InChI=1S/C30H39N3O6/c1-16(2)19-11-12-22-28-15-39-30(38,29(22,17(3)34)24(19)35)26(37)23(28)27(4,5)13-21(25(28)36)33-14-20(31-32-33)18-9-7-6-8-10-18/h6-10,14,19,21-26,35-38H,1,11-13,15H2,2-5H3/t19-,21-,22-,23+,24+,25+,26-,28-,29+,30-/m0/s1. The van der Waals surface area contributed by atoms with Crippen LogP contribution < -0.4 is 0 Å². The van der Waals surface area contributed by atoms with Crippen LogP contribution in [0.3, 0.4) is 0 Å². The third-order valence-electron chi connectivity index (χ3n) is 10.9. The summed E-state index contributed by atoms with van der Waals surface area (Å²) in [5.41, 5.74) is -1.25. The van der Waals surface area contributed by atoms with E-state index in [1.165, 1.54) is 6.92 Å². The molecule has 5 fully saturated rings. The molecule has 0 radical (unpaired) electrons. The second-order valence-electron chi connectivity index (χ2n) is 13.1. The van der Waals surface area contributed by atoms with Crippen molar-refractivity contribution in [3.8, 4) is 11.3 Å². The van der Waals surface area contributed by atoms with Gasteiger partial charge in [0.25, 0.3) is 0 Å². The molecule has 3 saturated carbocycles. The molecule has 2 saturated heterocycles. The zero-order valence-electron chi connectivity index (χ0n) is 23.0. The summed E-state index contributed by atoms with van der Waals surface area (Å²) in [5, 5.41) is 57.0. The lowest BCUT2D eigenvalue weighted by molar-refractivity contribution is -0.464. The lowest BCUT2D eigenvalue weighted by Gasteiger charge is -2.76. The molecule has 3 aliphatic carbocycles. The Kier molecular flexibility index (Phi) is 5.86. The Labute approximate surface area is 228 Å². The Morgan fingerprint density at radius 3 is 2.41 bits per heavy atom. The van der Waals surface area contributed by atoms with E-state index in [-0.39, 0.29) is 6.61 Å². The first-order valence-corrected chi connectivity index (χ1v) is 13.9. The first kappa shape index (κ1) is 26.8. The highest BCUT2D eigenvalue weighted by atomic mass is 16.6. The predicted octanol–water partition coefficient (Wildman–Crippen LogP) is 2.51. The fourth-order valence-electron chi connectivity index (χ4n) is 9.43. The normalized spacial score (nSPS) is 44.4. The molecule has 1 aromatic heterocycles. The molecule has 0 amide bonds. The van der Waals surface area contributed by atoms with Crippen molar-refractivity contribution in [1.82, 2.24) is 15.0 Å². The van der Waals surface area contributed by atoms with Crippen molar-refractivity contribution >= 4 is 5.78 Å². The minimum atomic E-state index is -2.29. The Hall–Kier alpha value is -2.43. The number of rotatable bonds is 4. The smallest absolute Gasteiger partial charge is 0.208 e. The van der Waals surface area contributed by atoms with Gasteiger partial charge in [0.05, 0.1) is 31.1 Å². The summed E-state index contributed by atoms with van der Waals surface area (Å²) in [6.45, 7) is 11.2. The van der Waals surface area contributed by atoms with Crippen LogP contribution in [0.2, 0.25) is 0 Å². The van der Waals surface area contributed by atoms with Gasteiger partial charge < -0.3 is 25.2 Å². The first-order chi connectivity index (χ1) is 18.3. The molecule has 7 rings (SSSR count). The topological polar surface area (TPSA) is 138 Å². The second-order valence-corrected chi connectivity index (χ2v) is 13.1. The summed E-state index contributed by atoms with van der Waals surface area (Å²) >= 11 is 0. The van der Waals surface area contributed by atoms with Gasteiger partial charge in [0.2, 0.25) is 5.79 Å². The summed E-state index contributed by atoms with van der Waals surface area (Å²) in [6.07, 6.45) is -0.603. The highest BCUT2D eigenvalue weighted by molar-refractivity contribution is 5.86. The van der Waals surface area contributed by atoms with Crippen LogP contribution in [0.25, 0.3) is 11.3 Å². The summed E-state index contributed by atoms with van der Waals surface area (Å²) in [6, 6.07) is 9.14. The number of aliphatic hydroxyl groups is 4. The number of aromatic nitrogens is 3. The van der Waals surface area contributed by atoms with E-state index in [2.05, 4.69) is 16.9 Å². The average Bonchev–Trinajstić information content (AvgIpc) is 3.38. The number of fused-ring (bicyclic) bond motifs is 1. The minimum absolute atomic E-state index is 0.0449. The molecule has 4 N–H and O–H groups in total. The van der Waals surface area contributed by atoms with Crippen LogP contribution in [0.4, 0.5) is 0 Å². The Morgan fingerprint density at radius 1 is 1.08 bits per heavy atom. The van der Waals surface area contributed by atoms with Gasteiger partial charge in [-0.25, -0.2) is 4.68 Å². The molecule has 9 nitrogen and oxygen atoms in total. The van der Waals surface area contributed by atoms with Crippen LogP contribution in [0, 0.1) is 34.0 Å². The van der Waals surface area contributed by atoms with Gasteiger partial charge in [-0.3, -0.25) is 4.79 Å². The number of nitrogens with zero attached hydrogens (tertiary/aromatic N) is 3. The van der Waals surface area contributed by atoms with Gasteiger partial charge in [0.1, 0.15) is 23.0 Å². The van der Waals surface area contributed by atoms with Gasteiger partial charge in [-0.15, -0.1) is 5.10 Å². The zero-order chi connectivity index (χ0) is 28.1. The van der Waals surface area contributed by atoms with Crippen molar-refractivity contribution in [2.45, 2.75) is 77.1 Å². The Morgan fingerprint density at radius 2 is 1.77 bits per heavy atom. The van der Waals surface area contributed by atoms with Crippen LogP contribution in [-0.2, 0) is 9.53 Å². The van der Waals surface area contributed by atoms with Gasteiger partial charge in [0.15, 0.2) is 0 Å². The molecule has 1 aromatic carbocycles. The van der Waals surface area contributed by atoms with Crippen LogP contribution in [-0.4, -0.2) is 71.9 Å². The van der Waals surface area contributed by atoms with E-state index in [1.807, 2.05) is 50.4 Å². The number of carbonyl (C=O) groups excluding carboxylic acids is 1. The highest BCUT2D eigenvalue weighted by Gasteiger charge is 2.85. The van der Waals surface area contributed by atoms with E-state index in [0.29, 0.717) is 30.5 Å². The minimum Gasteiger partial charge on any atom is -0.391 e. The quantitative estimate of drug-likeness (QED) is 0.437. The molecule has 5 aliphatic rings. The monoisotopic (exact) mass is 537 g/mol. The van der Waals surface area contributed by atoms with E-state index in [1.54, 1.807) is 11.6 Å². The van der Waals surface area contributed by atoms with Crippen LogP contribution in [0.5, 0.6) is 0 Å². The molecule has 9 heteroatoms. The molecule has 0 unspecified atom stereocenters. The maximum absolute atomic E-state index is 13.7. The van der Waals surface area contributed by atoms with Crippen molar-refractivity contribution in [1.29, 1.82) is 0 Å². The number of ether oxygens (including phenoxy) is 1. The number of ketones is 1. The summed E-state index contributed by atoms with van der Waals surface area (Å²) in [5.74, 6) is -4.41. The third-order valence-corrected chi connectivity index (χ3v) is 10.9. The van der Waals surface area contributed by atoms with E-state index in [0.717, 1.165) is 5.56 Å². The zero-order valence-corrected chi connectivity index (χ0v) is 23.0. The van der Waals surface area contributed by atoms with Crippen molar-refractivity contribution in [2.75, 3.05) is 6.61 Å². The summed E-state index contributed by atoms with van der Waals surface area (Å²) < 4.78 is 7.77. The number of aliphatic hydroxyl groups excluding tert-OH is 3. The number of carbonyl (C=O) groups is 1. The van der Waals surface area contributed by atoms with Gasteiger partial charge in [0, 0.05) is 22.8 Å². The molecule has 2 aromatic rings. The van der Waals surface area contributed by atoms with Gasteiger partial charge in [-0.2, -0.15) is 0 Å². The molecule has 3 heterocycles. The molecule has 2 bridgehead atoms. The number of Topliss-reactive ketones (excluding diaryl/α,β-unsaturated/α-hetero) is 1.